The first-order chi connectivity index (χ1) is 9.44. The van der Waals surface area contributed by atoms with E-state index in [2.05, 4.69) is 38.2 Å². The lowest BCUT2D eigenvalue weighted by Crippen LogP contribution is -2.54. The van der Waals surface area contributed by atoms with Crippen molar-refractivity contribution in [1.29, 1.82) is 0 Å². The Hall–Kier alpha value is -0.0800. The van der Waals surface area contributed by atoms with Crippen LogP contribution in [-0.2, 0) is 0 Å². The smallest absolute Gasteiger partial charge is 0.0327 e. The molecule has 0 aromatic heterocycles. The second-order valence-corrected chi connectivity index (χ2v) is 8.35. The highest BCUT2D eigenvalue weighted by Gasteiger charge is 2.34. The maximum absolute atomic E-state index is 3.95. The summed E-state index contributed by atoms with van der Waals surface area (Å²) in [7, 11) is 4.56. The summed E-state index contributed by atoms with van der Waals surface area (Å²) in [5.41, 5.74) is 1.00. The Labute approximate surface area is 126 Å². The second-order valence-electron chi connectivity index (χ2n) is 8.35. The van der Waals surface area contributed by atoms with Crippen LogP contribution in [0.3, 0.4) is 0 Å². The average molecular weight is 280 g/mol. The number of rotatable bonds is 4. The molecule has 2 rings (SSSR count). The molecule has 2 nitrogen and oxygen atoms in total. The average Bonchev–Trinajstić information content (AvgIpc) is 2.58. The molecule has 118 valence electrons. The first kappa shape index (κ1) is 16.3. The van der Waals surface area contributed by atoms with Crippen molar-refractivity contribution in [3.8, 4) is 0 Å². The van der Waals surface area contributed by atoms with Gasteiger partial charge in [-0.1, -0.05) is 39.5 Å². The van der Waals surface area contributed by atoms with Crippen LogP contribution in [0.4, 0.5) is 0 Å². The summed E-state index contributed by atoms with van der Waals surface area (Å²) in [5, 5.41) is 3.95. The summed E-state index contributed by atoms with van der Waals surface area (Å²) in [6, 6.07) is 0.760. The Bertz CT molecular complexity index is 290. The molecule has 2 fully saturated rings. The van der Waals surface area contributed by atoms with E-state index in [1.165, 1.54) is 70.8 Å². The molecule has 0 radical (unpaired) electrons. The monoisotopic (exact) mass is 280 g/mol. The maximum atomic E-state index is 3.95. The number of nitrogens with zero attached hydrogens (tertiary/aromatic N) is 1. The lowest BCUT2D eigenvalue weighted by molar-refractivity contribution is 0.0942. The predicted octanol–water partition coefficient (Wildman–Crippen LogP) is 4.20. The van der Waals surface area contributed by atoms with Crippen LogP contribution in [0.25, 0.3) is 0 Å². The summed E-state index contributed by atoms with van der Waals surface area (Å²) >= 11 is 0. The highest BCUT2D eigenvalue weighted by Crippen LogP contribution is 2.35. The second kappa shape index (κ2) is 6.79. The van der Waals surface area contributed by atoms with E-state index >= 15 is 0 Å². The van der Waals surface area contributed by atoms with Gasteiger partial charge in [0, 0.05) is 18.1 Å². The summed E-state index contributed by atoms with van der Waals surface area (Å²) in [4.78, 5) is 2.50. The third-order valence-corrected chi connectivity index (χ3v) is 6.03. The van der Waals surface area contributed by atoms with Crippen LogP contribution >= 0.6 is 0 Å². The predicted molar refractivity (Wildman–Crippen MR) is 88.2 cm³/mol. The Morgan fingerprint density at radius 1 is 0.900 bits per heavy atom. The molecular formula is C18H36N2. The standard InChI is InChI=1S/C18H36N2/c1-17(2)11-8-9-16(10-14-17)19-15-18(20(3)4)12-6-5-7-13-18/h16,19H,5-15H2,1-4H3. The van der Waals surface area contributed by atoms with Crippen LogP contribution in [0.2, 0.25) is 0 Å². The van der Waals surface area contributed by atoms with E-state index in [1.807, 2.05) is 0 Å². The van der Waals surface area contributed by atoms with Gasteiger partial charge in [0.2, 0.25) is 0 Å². The summed E-state index contributed by atoms with van der Waals surface area (Å²) in [5.74, 6) is 0. The van der Waals surface area contributed by atoms with Crippen LogP contribution in [0.1, 0.15) is 78.1 Å². The van der Waals surface area contributed by atoms with Crippen molar-refractivity contribution < 1.29 is 0 Å². The van der Waals surface area contributed by atoms with Gasteiger partial charge >= 0.3 is 0 Å². The van der Waals surface area contributed by atoms with Crippen molar-refractivity contribution in [3.63, 3.8) is 0 Å². The summed E-state index contributed by atoms with van der Waals surface area (Å²) in [6.45, 7) is 6.08. The molecule has 1 N–H and O–H groups in total. The van der Waals surface area contributed by atoms with Gasteiger partial charge in [0.1, 0.15) is 0 Å². The lowest BCUT2D eigenvalue weighted by atomic mass is 9.80. The van der Waals surface area contributed by atoms with Gasteiger partial charge in [0.05, 0.1) is 0 Å². The largest absolute Gasteiger partial charge is 0.312 e. The molecule has 0 saturated heterocycles. The van der Waals surface area contributed by atoms with E-state index in [1.54, 1.807) is 0 Å². The zero-order chi connectivity index (χ0) is 14.6. The van der Waals surface area contributed by atoms with Gasteiger partial charge in [-0.3, -0.25) is 0 Å². The van der Waals surface area contributed by atoms with E-state index in [0.717, 1.165) is 6.04 Å². The molecule has 20 heavy (non-hydrogen) atoms. The molecule has 0 spiro atoms. The number of hydrogen-bond acceptors (Lipinski definition) is 2. The van der Waals surface area contributed by atoms with Crippen molar-refractivity contribution in [1.82, 2.24) is 10.2 Å². The van der Waals surface area contributed by atoms with E-state index in [4.69, 9.17) is 0 Å². The Morgan fingerprint density at radius 2 is 1.60 bits per heavy atom. The normalized spacial score (nSPS) is 30.1. The quantitative estimate of drug-likeness (QED) is 0.776. The highest BCUT2D eigenvalue weighted by atomic mass is 15.2. The van der Waals surface area contributed by atoms with E-state index in [-0.39, 0.29) is 0 Å². The zero-order valence-electron chi connectivity index (χ0n) is 14.3. The van der Waals surface area contributed by atoms with Gasteiger partial charge in [-0.2, -0.15) is 0 Å². The number of likely N-dealkylation sites (N-methyl/N-ethyl adjacent to an activating group) is 1. The van der Waals surface area contributed by atoms with Crippen molar-refractivity contribution in [2.24, 2.45) is 5.41 Å². The molecular weight excluding hydrogens is 244 g/mol. The molecule has 2 aliphatic carbocycles. The van der Waals surface area contributed by atoms with Gasteiger partial charge in [-0.15, -0.1) is 0 Å². The third kappa shape index (κ3) is 4.21. The molecule has 2 heteroatoms. The lowest BCUT2D eigenvalue weighted by Gasteiger charge is -2.44. The minimum absolute atomic E-state index is 0.431. The zero-order valence-corrected chi connectivity index (χ0v) is 14.3. The van der Waals surface area contributed by atoms with Crippen LogP contribution in [0.5, 0.6) is 0 Å². The van der Waals surface area contributed by atoms with Crippen LogP contribution in [0, 0.1) is 5.41 Å². The Kier molecular flexibility index (Phi) is 5.53. The Balaban J connectivity index is 1.86. The number of hydrogen-bond donors (Lipinski definition) is 1. The topological polar surface area (TPSA) is 15.3 Å². The molecule has 0 amide bonds. The van der Waals surface area contributed by atoms with Crippen molar-refractivity contribution >= 4 is 0 Å². The van der Waals surface area contributed by atoms with E-state index in [9.17, 15) is 0 Å². The van der Waals surface area contributed by atoms with Gasteiger partial charge in [0.25, 0.3) is 0 Å². The summed E-state index contributed by atoms with van der Waals surface area (Å²) < 4.78 is 0. The molecule has 1 atom stereocenters. The van der Waals surface area contributed by atoms with Gasteiger partial charge in [0.15, 0.2) is 0 Å². The Morgan fingerprint density at radius 3 is 2.25 bits per heavy atom. The fourth-order valence-electron chi connectivity index (χ4n) is 4.19. The van der Waals surface area contributed by atoms with E-state index in [0.29, 0.717) is 11.0 Å². The van der Waals surface area contributed by atoms with E-state index < -0.39 is 0 Å². The maximum Gasteiger partial charge on any atom is 0.0327 e. The molecule has 2 aliphatic rings. The van der Waals surface area contributed by atoms with Gasteiger partial charge in [-0.05, 0) is 58.0 Å². The van der Waals surface area contributed by atoms with Crippen LogP contribution in [0.15, 0.2) is 0 Å². The van der Waals surface area contributed by atoms with Crippen molar-refractivity contribution in [2.75, 3.05) is 20.6 Å². The fraction of sp³-hybridized carbons (Fsp3) is 1.00. The van der Waals surface area contributed by atoms with Gasteiger partial charge < -0.3 is 10.2 Å². The highest BCUT2D eigenvalue weighted by molar-refractivity contribution is 4.94. The SMILES string of the molecule is CN(C)C1(CNC2CCCC(C)(C)CC2)CCCCC1. The molecule has 1 unspecified atom stereocenters. The molecule has 2 saturated carbocycles. The first-order valence-electron chi connectivity index (χ1n) is 8.84. The molecule has 0 aromatic rings. The van der Waals surface area contributed by atoms with Crippen LogP contribution < -0.4 is 5.32 Å². The molecule has 0 bridgehead atoms. The molecule has 0 aliphatic heterocycles. The van der Waals surface area contributed by atoms with Crippen molar-refractivity contribution in [3.05, 3.63) is 0 Å². The number of nitrogens with one attached hydrogen (secondary N) is 1. The third-order valence-electron chi connectivity index (χ3n) is 6.03. The summed E-state index contributed by atoms with van der Waals surface area (Å²) in [6.07, 6.45) is 14.0. The minimum atomic E-state index is 0.431. The van der Waals surface area contributed by atoms with Crippen LogP contribution in [-0.4, -0.2) is 37.1 Å². The molecule has 0 aromatic carbocycles. The van der Waals surface area contributed by atoms with Gasteiger partial charge in [-0.25, -0.2) is 0 Å². The molecule has 0 heterocycles. The first-order valence-corrected chi connectivity index (χ1v) is 8.84. The van der Waals surface area contributed by atoms with Crippen molar-refractivity contribution in [2.45, 2.75) is 89.6 Å². The minimum Gasteiger partial charge on any atom is -0.312 e. The fourth-order valence-corrected chi connectivity index (χ4v) is 4.19.